The molecule has 3 atom stereocenters. The van der Waals surface area contributed by atoms with E-state index < -0.39 is 12.1 Å². The summed E-state index contributed by atoms with van der Waals surface area (Å²) in [5.74, 6) is 5.99. The van der Waals surface area contributed by atoms with Crippen molar-refractivity contribution >= 4 is 11.8 Å². The topological polar surface area (TPSA) is 95.9 Å². The number of hydrogen-bond acceptors (Lipinski definition) is 6. The van der Waals surface area contributed by atoms with Gasteiger partial charge in [-0.3, -0.25) is 14.6 Å². The number of hydrogen-bond donors (Lipinski definition) is 1. The number of amides is 2. The SMILES string of the molecule is C[C@H](CO)N1C[C@H](C)[C@@H](CN(C)C(=O)Cc2cccnc2)Oc2ncc(C#CCc3ccccc3)cc2C1=O. The van der Waals surface area contributed by atoms with Gasteiger partial charge in [-0.15, -0.1) is 0 Å². The van der Waals surface area contributed by atoms with Gasteiger partial charge in [0.2, 0.25) is 11.8 Å². The van der Waals surface area contributed by atoms with Gasteiger partial charge < -0.3 is 19.6 Å². The van der Waals surface area contributed by atoms with Gasteiger partial charge in [-0.1, -0.05) is 55.2 Å². The van der Waals surface area contributed by atoms with Gasteiger partial charge in [-0.25, -0.2) is 4.98 Å². The highest BCUT2D eigenvalue weighted by Crippen LogP contribution is 2.27. The highest BCUT2D eigenvalue weighted by molar-refractivity contribution is 5.97. The van der Waals surface area contributed by atoms with Crippen molar-refractivity contribution in [3.05, 3.63) is 89.4 Å². The Balaban J connectivity index is 1.57. The number of aliphatic hydroxyl groups is 1. The number of aromatic nitrogens is 2. The zero-order valence-corrected chi connectivity index (χ0v) is 22.6. The third-order valence-electron chi connectivity index (χ3n) is 6.85. The molecule has 1 N–H and O–H groups in total. The van der Waals surface area contributed by atoms with Crippen LogP contribution in [0.2, 0.25) is 0 Å². The number of carbonyl (C=O) groups excluding carboxylic acids is 2. The number of pyridine rings is 2. The standard InChI is InChI=1S/C31H34N4O4/c1-22-19-35(23(2)21-36)31(38)27-15-25(12-7-11-24-9-5-4-6-10-24)18-33-30(27)39-28(22)20-34(3)29(37)16-26-13-8-14-32-17-26/h4-6,8-10,13-15,17-18,22-23,28,36H,11,16,19-21H2,1-3H3/t22-,23+,28+/m0/s1. The van der Waals surface area contributed by atoms with E-state index in [1.807, 2.05) is 50.2 Å². The molecule has 2 amide bonds. The molecular formula is C31H34N4O4. The molecule has 0 bridgehead atoms. The van der Waals surface area contributed by atoms with Gasteiger partial charge in [0.15, 0.2) is 0 Å². The number of fused-ring (bicyclic) bond motifs is 1. The molecule has 2 aromatic heterocycles. The molecule has 39 heavy (non-hydrogen) atoms. The van der Waals surface area contributed by atoms with Crippen LogP contribution in [0.1, 0.15) is 40.9 Å². The van der Waals surface area contributed by atoms with Crippen LogP contribution in [0.5, 0.6) is 5.88 Å². The Morgan fingerprint density at radius 2 is 1.97 bits per heavy atom. The normalized spacial score (nSPS) is 17.5. The summed E-state index contributed by atoms with van der Waals surface area (Å²) in [5.41, 5.74) is 2.84. The number of carbonyl (C=O) groups is 2. The summed E-state index contributed by atoms with van der Waals surface area (Å²) < 4.78 is 6.31. The smallest absolute Gasteiger partial charge is 0.259 e. The van der Waals surface area contributed by atoms with E-state index in [1.54, 1.807) is 47.6 Å². The number of likely N-dealkylation sites (N-methyl/N-ethyl adjacent to an activating group) is 1. The highest BCUT2D eigenvalue weighted by Gasteiger charge is 2.34. The molecular weight excluding hydrogens is 492 g/mol. The van der Waals surface area contributed by atoms with Gasteiger partial charge in [-0.05, 0) is 30.2 Å². The van der Waals surface area contributed by atoms with Crippen molar-refractivity contribution in [1.82, 2.24) is 19.8 Å². The molecule has 8 nitrogen and oxygen atoms in total. The highest BCUT2D eigenvalue weighted by atomic mass is 16.5. The average molecular weight is 527 g/mol. The minimum atomic E-state index is -0.421. The van der Waals surface area contributed by atoms with Gasteiger partial charge in [0.05, 0.1) is 25.6 Å². The van der Waals surface area contributed by atoms with Crippen molar-refractivity contribution in [3.8, 4) is 17.7 Å². The van der Waals surface area contributed by atoms with Crippen molar-refractivity contribution in [3.63, 3.8) is 0 Å². The molecule has 0 saturated carbocycles. The molecule has 0 radical (unpaired) electrons. The maximum Gasteiger partial charge on any atom is 0.259 e. The molecule has 1 aromatic carbocycles. The van der Waals surface area contributed by atoms with Crippen LogP contribution in [-0.2, 0) is 17.6 Å². The van der Waals surface area contributed by atoms with Crippen LogP contribution in [0.25, 0.3) is 0 Å². The first-order valence-corrected chi connectivity index (χ1v) is 13.1. The lowest BCUT2D eigenvalue weighted by atomic mass is 9.99. The van der Waals surface area contributed by atoms with Crippen LogP contribution in [0.3, 0.4) is 0 Å². The predicted octanol–water partition coefficient (Wildman–Crippen LogP) is 2.99. The van der Waals surface area contributed by atoms with Crippen LogP contribution < -0.4 is 4.74 Å². The van der Waals surface area contributed by atoms with Crippen LogP contribution >= 0.6 is 0 Å². The van der Waals surface area contributed by atoms with E-state index in [4.69, 9.17) is 4.74 Å². The first-order valence-electron chi connectivity index (χ1n) is 13.1. The second kappa shape index (κ2) is 13.0. The molecule has 3 aromatic rings. The summed E-state index contributed by atoms with van der Waals surface area (Å²) in [4.78, 5) is 38.4. The van der Waals surface area contributed by atoms with Crippen LogP contribution in [0.15, 0.2) is 67.1 Å². The molecule has 0 saturated heterocycles. The lowest BCUT2D eigenvalue weighted by molar-refractivity contribution is -0.130. The maximum absolute atomic E-state index is 13.6. The number of nitrogens with zero attached hydrogens (tertiary/aromatic N) is 4. The first kappa shape index (κ1) is 27.8. The summed E-state index contributed by atoms with van der Waals surface area (Å²) in [5, 5.41) is 9.88. The largest absolute Gasteiger partial charge is 0.472 e. The lowest BCUT2D eigenvalue weighted by Crippen LogP contribution is -2.50. The van der Waals surface area contributed by atoms with Crippen molar-refractivity contribution in [2.24, 2.45) is 5.92 Å². The van der Waals surface area contributed by atoms with E-state index in [2.05, 4.69) is 21.8 Å². The average Bonchev–Trinajstić information content (AvgIpc) is 2.95. The molecule has 202 valence electrons. The van der Waals surface area contributed by atoms with E-state index in [9.17, 15) is 14.7 Å². The zero-order valence-electron chi connectivity index (χ0n) is 22.6. The quantitative estimate of drug-likeness (QED) is 0.476. The fraction of sp³-hybridized carbons (Fsp3) is 0.355. The molecule has 8 heteroatoms. The third kappa shape index (κ3) is 7.21. The Morgan fingerprint density at radius 1 is 1.21 bits per heavy atom. The van der Waals surface area contributed by atoms with Crippen molar-refractivity contribution in [1.29, 1.82) is 0 Å². The van der Waals surface area contributed by atoms with Gasteiger partial charge in [-0.2, -0.15) is 0 Å². The van der Waals surface area contributed by atoms with E-state index >= 15 is 0 Å². The maximum atomic E-state index is 13.6. The fourth-order valence-electron chi connectivity index (χ4n) is 4.42. The summed E-state index contributed by atoms with van der Waals surface area (Å²) in [6, 6.07) is 14.9. The predicted molar refractivity (Wildman–Crippen MR) is 148 cm³/mol. The van der Waals surface area contributed by atoms with Crippen LogP contribution in [0, 0.1) is 17.8 Å². The molecule has 4 rings (SSSR count). The van der Waals surface area contributed by atoms with Gasteiger partial charge in [0.1, 0.15) is 11.7 Å². The van der Waals surface area contributed by atoms with E-state index in [0.717, 1.165) is 11.1 Å². The summed E-state index contributed by atoms with van der Waals surface area (Å²) >= 11 is 0. The summed E-state index contributed by atoms with van der Waals surface area (Å²) in [7, 11) is 1.74. The molecule has 0 spiro atoms. The summed E-state index contributed by atoms with van der Waals surface area (Å²) in [6.45, 7) is 4.28. The van der Waals surface area contributed by atoms with E-state index in [-0.39, 0.29) is 36.6 Å². The van der Waals surface area contributed by atoms with Crippen molar-refractivity contribution < 1.29 is 19.4 Å². The van der Waals surface area contributed by atoms with E-state index in [0.29, 0.717) is 30.6 Å². The molecule has 0 aliphatic carbocycles. The van der Waals surface area contributed by atoms with Crippen molar-refractivity contribution in [2.45, 2.75) is 38.8 Å². The van der Waals surface area contributed by atoms with Crippen LogP contribution in [-0.4, -0.2) is 75.6 Å². The monoisotopic (exact) mass is 526 g/mol. The third-order valence-corrected chi connectivity index (χ3v) is 6.85. The van der Waals surface area contributed by atoms with Gasteiger partial charge >= 0.3 is 0 Å². The number of aliphatic hydroxyl groups excluding tert-OH is 1. The van der Waals surface area contributed by atoms with Crippen molar-refractivity contribution in [2.75, 3.05) is 26.7 Å². The second-order valence-electron chi connectivity index (χ2n) is 9.98. The number of benzene rings is 1. The minimum absolute atomic E-state index is 0.0604. The first-order chi connectivity index (χ1) is 18.9. The molecule has 3 heterocycles. The molecule has 0 unspecified atom stereocenters. The fourth-order valence-corrected chi connectivity index (χ4v) is 4.42. The Kier molecular flexibility index (Phi) is 9.29. The molecule has 1 aliphatic rings. The second-order valence-corrected chi connectivity index (χ2v) is 9.98. The number of ether oxygens (including phenoxy) is 1. The van der Waals surface area contributed by atoms with Gasteiger partial charge in [0.25, 0.3) is 5.91 Å². The minimum Gasteiger partial charge on any atom is -0.472 e. The lowest BCUT2D eigenvalue weighted by Gasteiger charge is -2.37. The van der Waals surface area contributed by atoms with Crippen LogP contribution in [0.4, 0.5) is 0 Å². The molecule has 1 aliphatic heterocycles. The van der Waals surface area contributed by atoms with Gasteiger partial charge in [0, 0.05) is 50.1 Å². The Morgan fingerprint density at radius 3 is 2.69 bits per heavy atom. The van der Waals surface area contributed by atoms with E-state index in [1.165, 1.54) is 0 Å². The number of rotatable bonds is 7. The Labute approximate surface area is 229 Å². The molecule has 0 fully saturated rings. The Hall–Kier alpha value is -4.22. The summed E-state index contributed by atoms with van der Waals surface area (Å²) in [6.07, 6.45) is 5.35. The Bertz CT molecular complexity index is 1340. The zero-order chi connectivity index (χ0) is 27.8.